The van der Waals surface area contributed by atoms with Crippen LogP contribution in [0.1, 0.15) is 137 Å². The van der Waals surface area contributed by atoms with E-state index in [1.54, 1.807) is 0 Å². The molecule has 0 saturated carbocycles. The Morgan fingerprint density at radius 1 is 0.567 bits per heavy atom. The van der Waals surface area contributed by atoms with E-state index in [9.17, 15) is 79.7 Å². The summed E-state index contributed by atoms with van der Waals surface area (Å²) in [5, 5.41) is 9.52. The highest BCUT2D eigenvalue weighted by Gasteiger charge is 2.95. The van der Waals surface area contributed by atoms with Crippen LogP contribution in [0.3, 0.4) is 0 Å². The molecule has 5 nitrogen and oxygen atoms in total. The van der Waals surface area contributed by atoms with Crippen LogP contribution in [0.25, 0.3) is 0 Å². The fraction of sp³-hybridized carbons (Fsp3) is 0.864. The monoisotopic (exact) mass is 1020 g/mol. The third-order valence-electron chi connectivity index (χ3n) is 12.5. The Morgan fingerprint density at radius 3 is 1.45 bits per heavy atom. The van der Waals surface area contributed by atoms with Crippen molar-refractivity contribution in [2.75, 3.05) is 13.2 Å². The molecule has 1 heterocycles. The zero-order valence-corrected chi connectivity index (χ0v) is 39.6. The van der Waals surface area contributed by atoms with Gasteiger partial charge in [-0.1, -0.05) is 85.5 Å². The van der Waals surface area contributed by atoms with Crippen LogP contribution >= 0.6 is 0 Å². The average Bonchev–Trinajstić information content (AvgIpc) is 3.71. The van der Waals surface area contributed by atoms with Gasteiger partial charge in [-0.05, 0) is 87.3 Å². The van der Waals surface area contributed by atoms with E-state index in [0.717, 1.165) is 38.5 Å². The summed E-state index contributed by atoms with van der Waals surface area (Å²) in [6.45, 7) is 11.7. The third kappa shape index (κ3) is 14.4. The van der Waals surface area contributed by atoms with Gasteiger partial charge in [-0.15, -0.1) is 0 Å². The lowest BCUT2D eigenvalue weighted by Gasteiger charge is -2.42. The van der Waals surface area contributed by atoms with Crippen molar-refractivity contribution in [1.29, 1.82) is 0 Å². The Balaban J connectivity index is 2.17. The van der Waals surface area contributed by atoms with E-state index in [4.69, 9.17) is 18.6 Å². The molecule has 2 rings (SSSR count). The number of benzene rings is 1. The number of aliphatic hydroxyl groups is 1. The first kappa shape index (κ1) is 60.8. The Morgan fingerprint density at radius 2 is 0.985 bits per heavy atom. The van der Waals surface area contributed by atoms with Gasteiger partial charge in [-0.25, -0.2) is 0 Å². The molecule has 0 spiro atoms. The molecule has 394 valence electrons. The van der Waals surface area contributed by atoms with Gasteiger partial charge in [0.25, 0.3) is 0 Å². The van der Waals surface area contributed by atoms with Crippen LogP contribution in [0.4, 0.5) is 74.6 Å². The maximum atomic E-state index is 14.4. The molecule has 23 heteroatoms. The largest absolute Gasteiger partial charge is 0.494 e. The topological polar surface area (TPSA) is 57.2 Å². The minimum Gasteiger partial charge on any atom is -0.494 e. The number of unbranched alkanes of at least 4 members (excludes halogenated alkanes) is 9. The van der Waals surface area contributed by atoms with E-state index < -0.39 is 81.5 Å². The van der Waals surface area contributed by atoms with Crippen LogP contribution < -0.4 is 9.47 Å². The van der Waals surface area contributed by atoms with Gasteiger partial charge in [0.1, 0.15) is 17.6 Å². The minimum atomic E-state index is -8.66. The molecule has 0 aliphatic carbocycles. The molecule has 1 fully saturated rings. The van der Waals surface area contributed by atoms with Gasteiger partial charge >= 0.3 is 47.6 Å². The van der Waals surface area contributed by atoms with Crippen LogP contribution in [0, 0.1) is 0 Å². The summed E-state index contributed by atoms with van der Waals surface area (Å²) in [5.74, 6) is -56.4. The zero-order chi connectivity index (χ0) is 51.6. The van der Waals surface area contributed by atoms with E-state index >= 15 is 0 Å². The van der Waals surface area contributed by atoms with Gasteiger partial charge in [-0.3, -0.25) is 0 Å². The Kier molecular flexibility index (Phi) is 21.6. The number of hydrogen-bond donors (Lipinski definition) is 1. The van der Waals surface area contributed by atoms with Gasteiger partial charge in [0.05, 0.1) is 24.9 Å². The second kappa shape index (κ2) is 23.8. The molecule has 0 aromatic heterocycles. The van der Waals surface area contributed by atoms with Crippen molar-refractivity contribution in [2.24, 2.45) is 0 Å². The van der Waals surface area contributed by atoms with Crippen molar-refractivity contribution in [3.8, 4) is 11.5 Å². The molecule has 0 bridgehead atoms. The van der Waals surface area contributed by atoms with Crippen LogP contribution in [0.15, 0.2) is 24.3 Å². The van der Waals surface area contributed by atoms with E-state index in [-0.39, 0.29) is 41.5 Å². The van der Waals surface area contributed by atoms with Crippen molar-refractivity contribution < 1.29 is 98.4 Å². The summed E-state index contributed by atoms with van der Waals surface area (Å²) in [6.07, 6.45) is 0.715. The summed E-state index contributed by atoms with van der Waals surface area (Å²) in [4.78, 5) is 0. The first-order valence-electron chi connectivity index (χ1n) is 22.6. The summed E-state index contributed by atoms with van der Waals surface area (Å²) in [5.41, 5.74) is 0. The first-order chi connectivity index (χ1) is 30.5. The molecule has 1 aliphatic rings. The molecule has 0 amide bonds. The zero-order valence-electron chi connectivity index (χ0n) is 38.6. The van der Waals surface area contributed by atoms with Gasteiger partial charge < -0.3 is 23.7 Å². The smallest absolute Gasteiger partial charge is 0.460 e. The molecule has 1 aromatic carbocycles. The molecular formula is C44H65F17O5Si. The Hall–Kier alpha value is -2.27. The standard InChI is InChI=1S/C44H65F17O5Si/c1-7-8-9-10-11-12-13-14-15-16-19-32(33-25-26-34(65-33)35(20-17-28-62)66-67(5,6)36(2,3)4)64-31-23-21-30(22-24-31)63-29-18-27-37(45,46)38(47,48)39(49,50)40(51,52)41(53,54)42(55,56)43(57,58)44(59,60)61/h21-24,32-35,62H,7-20,25-29H2,1-6H3/t32-,33-,34-,35-/m1/s1. The minimum absolute atomic E-state index is 0.0250. The van der Waals surface area contributed by atoms with Crippen molar-refractivity contribution in [2.45, 2.75) is 227 Å². The lowest BCUT2D eigenvalue weighted by Crippen LogP contribution is -2.74. The molecule has 0 radical (unpaired) electrons. The number of aliphatic hydroxyl groups excluding tert-OH is 1. The summed E-state index contributed by atoms with van der Waals surface area (Å²) >= 11 is 0. The fourth-order valence-electron chi connectivity index (χ4n) is 7.19. The van der Waals surface area contributed by atoms with E-state index in [2.05, 4.69) is 40.8 Å². The molecular weight excluding hydrogens is 960 g/mol. The lowest BCUT2D eigenvalue weighted by atomic mass is 9.88. The highest BCUT2D eigenvalue weighted by atomic mass is 28.4. The predicted octanol–water partition coefficient (Wildman–Crippen LogP) is 15.6. The molecule has 1 saturated heterocycles. The second-order valence-electron chi connectivity index (χ2n) is 18.8. The summed E-state index contributed by atoms with van der Waals surface area (Å²) < 4.78 is 257. The first-order valence-corrected chi connectivity index (χ1v) is 25.5. The maximum absolute atomic E-state index is 14.4. The molecule has 0 unspecified atom stereocenters. The highest BCUT2D eigenvalue weighted by molar-refractivity contribution is 6.74. The Bertz CT molecular complexity index is 1600. The van der Waals surface area contributed by atoms with Crippen molar-refractivity contribution in [1.82, 2.24) is 0 Å². The number of rotatable bonds is 31. The molecule has 67 heavy (non-hydrogen) atoms. The van der Waals surface area contributed by atoms with Gasteiger partial charge in [0.2, 0.25) is 0 Å². The molecule has 4 atom stereocenters. The van der Waals surface area contributed by atoms with Crippen molar-refractivity contribution in [3.63, 3.8) is 0 Å². The SMILES string of the molecule is CCCCCCCCCCCC[C@@H](Oc1ccc(OCCCC(F)(F)C(F)(F)C(F)(F)C(F)(F)C(F)(F)C(F)(F)C(F)(F)C(F)(F)F)cc1)[C@H]1CC[C@H]([C@@H](CCCO)O[Si](C)(C)C(C)(C)C)O1. The highest BCUT2D eigenvalue weighted by Crippen LogP contribution is 2.64. The number of halogens is 17. The van der Waals surface area contributed by atoms with Crippen LogP contribution in [-0.4, -0.2) is 98.7 Å². The number of ether oxygens (including phenoxy) is 3. The van der Waals surface area contributed by atoms with E-state index in [0.29, 0.717) is 32.1 Å². The quantitative estimate of drug-likeness (QED) is 0.0456. The average molecular weight is 1030 g/mol. The molecule has 1 N–H and O–H groups in total. The van der Waals surface area contributed by atoms with Gasteiger partial charge in [0.15, 0.2) is 8.32 Å². The van der Waals surface area contributed by atoms with Crippen LogP contribution in [0.5, 0.6) is 11.5 Å². The van der Waals surface area contributed by atoms with Gasteiger partial charge in [0, 0.05) is 13.0 Å². The van der Waals surface area contributed by atoms with E-state index in [1.807, 2.05) is 0 Å². The van der Waals surface area contributed by atoms with Crippen LogP contribution in [0.2, 0.25) is 18.1 Å². The van der Waals surface area contributed by atoms with Crippen molar-refractivity contribution >= 4 is 8.32 Å². The number of hydrogen-bond acceptors (Lipinski definition) is 5. The number of alkyl halides is 17. The van der Waals surface area contributed by atoms with Gasteiger partial charge in [-0.2, -0.15) is 74.6 Å². The second-order valence-corrected chi connectivity index (χ2v) is 23.5. The molecule has 1 aromatic rings. The molecule has 1 aliphatic heterocycles. The maximum Gasteiger partial charge on any atom is 0.460 e. The predicted molar refractivity (Wildman–Crippen MR) is 219 cm³/mol. The Labute approximate surface area is 382 Å². The summed E-state index contributed by atoms with van der Waals surface area (Å²) in [6, 6.07) is 5.26. The summed E-state index contributed by atoms with van der Waals surface area (Å²) in [7, 11) is -2.25. The van der Waals surface area contributed by atoms with Crippen LogP contribution in [-0.2, 0) is 9.16 Å². The lowest BCUT2D eigenvalue weighted by molar-refractivity contribution is -0.461. The normalized spacial score (nSPS) is 18.6. The fourth-order valence-corrected chi connectivity index (χ4v) is 8.57. The van der Waals surface area contributed by atoms with E-state index in [1.165, 1.54) is 49.9 Å². The van der Waals surface area contributed by atoms with Crippen molar-refractivity contribution in [3.05, 3.63) is 24.3 Å². The third-order valence-corrected chi connectivity index (χ3v) is 17.0.